The van der Waals surface area contributed by atoms with Crippen LogP contribution in [0.15, 0.2) is 52.5 Å². The van der Waals surface area contributed by atoms with Gasteiger partial charge in [-0.25, -0.2) is 4.79 Å². The summed E-state index contributed by atoms with van der Waals surface area (Å²) in [5.74, 6) is 0.0695. The molecule has 0 amide bonds. The van der Waals surface area contributed by atoms with Crippen LogP contribution in [0.4, 0.5) is 0 Å². The number of hydrogen-bond acceptors (Lipinski definition) is 5. The lowest BCUT2D eigenvalue weighted by Crippen LogP contribution is -2.03. The van der Waals surface area contributed by atoms with Gasteiger partial charge in [0.05, 0.1) is 7.11 Å². The van der Waals surface area contributed by atoms with Crippen molar-refractivity contribution in [3.05, 3.63) is 63.0 Å². The first-order valence-corrected chi connectivity index (χ1v) is 10.2. The second-order valence-electron chi connectivity index (χ2n) is 5.86. The van der Waals surface area contributed by atoms with E-state index in [1.165, 1.54) is 13.2 Å². The van der Waals surface area contributed by atoms with Crippen molar-refractivity contribution in [3.63, 3.8) is 0 Å². The first-order valence-electron chi connectivity index (χ1n) is 8.58. The van der Waals surface area contributed by atoms with Gasteiger partial charge in [-0.3, -0.25) is 0 Å². The van der Waals surface area contributed by atoms with Crippen molar-refractivity contribution >= 4 is 47.0 Å². The second-order valence-corrected chi connectivity index (χ2v) is 7.74. The molecule has 0 aliphatic rings. The Morgan fingerprint density at radius 3 is 2.48 bits per heavy atom. The zero-order valence-corrected chi connectivity index (χ0v) is 17.9. The fraction of sp³-hybridized carbons (Fsp3) is 0.150. The highest BCUT2D eigenvalue weighted by Crippen LogP contribution is 2.33. The van der Waals surface area contributed by atoms with E-state index in [1.807, 2.05) is 23.6 Å². The van der Waals surface area contributed by atoms with Gasteiger partial charge in [0.15, 0.2) is 11.0 Å². The summed E-state index contributed by atoms with van der Waals surface area (Å²) in [6.07, 6.45) is 1.51. The monoisotopic (exact) mass is 449 g/mol. The highest BCUT2D eigenvalue weighted by molar-refractivity contribution is 8.04. The lowest BCUT2D eigenvalue weighted by molar-refractivity contribution is -0.131. The minimum absolute atomic E-state index is 0.0651. The highest BCUT2D eigenvalue weighted by Gasteiger charge is 2.19. The van der Waals surface area contributed by atoms with Crippen LogP contribution in [0.5, 0.6) is 5.75 Å². The van der Waals surface area contributed by atoms with E-state index in [-0.39, 0.29) is 4.91 Å². The molecule has 1 heterocycles. The minimum atomic E-state index is -1.09. The smallest absolute Gasteiger partial charge is 0.342 e. The SMILES string of the molecule is CCn1c(S/C(=C\c2cc(Cl)ccc2OC)C(=O)O)nnc1-c1ccc(Cl)cc1. The van der Waals surface area contributed by atoms with Crippen LogP contribution in [0.3, 0.4) is 0 Å². The Morgan fingerprint density at radius 1 is 1.17 bits per heavy atom. The Labute approximate surface area is 182 Å². The molecule has 3 aromatic rings. The third kappa shape index (κ3) is 4.93. The van der Waals surface area contributed by atoms with Crippen molar-refractivity contribution in [3.8, 4) is 17.1 Å². The number of carbonyl (C=O) groups is 1. The molecule has 9 heteroatoms. The van der Waals surface area contributed by atoms with Gasteiger partial charge in [0.25, 0.3) is 0 Å². The number of carboxylic acids is 1. The van der Waals surface area contributed by atoms with Crippen LogP contribution in [0.25, 0.3) is 17.5 Å². The quantitative estimate of drug-likeness (QED) is 0.379. The zero-order chi connectivity index (χ0) is 21.0. The molecule has 6 nitrogen and oxygen atoms in total. The number of thioether (sulfide) groups is 1. The Hall–Kier alpha value is -2.48. The number of aromatic nitrogens is 3. The van der Waals surface area contributed by atoms with Gasteiger partial charge in [-0.2, -0.15) is 0 Å². The molecule has 0 saturated carbocycles. The molecule has 0 aliphatic carbocycles. The van der Waals surface area contributed by atoms with Crippen LogP contribution < -0.4 is 4.74 Å². The normalized spacial score (nSPS) is 11.5. The molecule has 0 fully saturated rings. The van der Waals surface area contributed by atoms with E-state index < -0.39 is 5.97 Å². The number of rotatable bonds is 7. The van der Waals surface area contributed by atoms with Gasteiger partial charge in [0.1, 0.15) is 10.7 Å². The summed E-state index contributed by atoms with van der Waals surface area (Å²) < 4.78 is 7.15. The third-order valence-electron chi connectivity index (χ3n) is 4.03. The van der Waals surface area contributed by atoms with Crippen LogP contribution in [0.2, 0.25) is 10.0 Å². The summed E-state index contributed by atoms with van der Waals surface area (Å²) in [5, 5.41) is 19.7. The summed E-state index contributed by atoms with van der Waals surface area (Å²) in [6.45, 7) is 2.51. The van der Waals surface area contributed by atoms with Crippen molar-refractivity contribution in [2.75, 3.05) is 7.11 Å². The summed E-state index contributed by atoms with van der Waals surface area (Å²) in [6, 6.07) is 12.2. The van der Waals surface area contributed by atoms with Crippen LogP contribution >= 0.6 is 35.0 Å². The predicted molar refractivity (Wildman–Crippen MR) is 116 cm³/mol. The predicted octanol–water partition coefficient (Wildman–Crippen LogP) is 5.50. The molecule has 3 rings (SSSR count). The van der Waals surface area contributed by atoms with E-state index in [0.29, 0.717) is 38.9 Å². The van der Waals surface area contributed by atoms with E-state index >= 15 is 0 Å². The molecule has 1 N–H and O–H groups in total. The Morgan fingerprint density at radius 2 is 1.86 bits per heavy atom. The maximum atomic E-state index is 11.9. The third-order valence-corrected chi connectivity index (χ3v) is 5.51. The molecule has 0 saturated heterocycles. The van der Waals surface area contributed by atoms with E-state index in [9.17, 15) is 9.90 Å². The van der Waals surface area contributed by atoms with Gasteiger partial charge in [-0.1, -0.05) is 23.2 Å². The fourth-order valence-corrected chi connectivity index (χ4v) is 3.84. The van der Waals surface area contributed by atoms with Gasteiger partial charge in [0.2, 0.25) is 0 Å². The summed E-state index contributed by atoms with van der Waals surface area (Å²) >= 11 is 13.0. The molecule has 2 aromatic carbocycles. The van der Waals surface area contributed by atoms with E-state index in [0.717, 1.165) is 17.3 Å². The molecule has 0 radical (unpaired) electrons. The summed E-state index contributed by atoms with van der Waals surface area (Å²) in [4.78, 5) is 11.9. The molecule has 0 bridgehead atoms. The standard InChI is InChI=1S/C20H17Cl2N3O3S/c1-3-25-18(12-4-6-14(21)7-5-12)23-24-20(25)29-17(19(26)27)11-13-10-15(22)8-9-16(13)28-2/h4-11H,3H2,1-2H3,(H,26,27)/b17-11-. The molecule has 0 spiro atoms. The number of nitrogens with zero attached hydrogens (tertiary/aromatic N) is 3. The van der Waals surface area contributed by atoms with Crippen molar-refractivity contribution in [2.45, 2.75) is 18.6 Å². The fourth-order valence-electron chi connectivity index (χ4n) is 2.65. The van der Waals surface area contributed by atoms with Crippen molar-refractivity contribution in [2.24, 2.45) is 0 Å². The minimum Gasteiger partial charge on any atom is -0.496 e. The van der Waals surface area contributed by atoms with Gasteiger partial charge in [-0.05, 0) is 67.2 Å². The van der Waals surface area contributed by atoms with Crippen molar-refractivity contribution < 1.29 is 14.6 Å². The Bertz CT molecular complexity index is 1070. The average molecular weight is 450 g/mol. The van der Waals surface area contributed by atoms with Gasteiger partial charge in [0, 0.05) is 27.7 Å². The second kappa shape index (κ2) is 9.35. The van der Waals surface area contributed by atoms with Gasteiger partial charge < -0.3 is 14.4 Å². The maximum absolute atomic E-state index is 11.9. The number of hydrogen-bond donors (Lipinski definition) is 1. The lowest BCUT2D eigenvalue weighted by atomic mass is 10.2. The van der Waals surface area contributed by atoms with Crippen LogP contribution in [0.1, 0.15) is 12.5 Å². The van der Waals surface area contributed by atoms with E-state index in [1.54, 1.807) is 30.3 Å². The van der Waals surface area contributed by atoms with Crippen LogP contribution in [-0.4, -0.2) is 33.0 Å². The number of methoxy groups -OCH3 is 1. The molecule has 0 aliphatic heterocycles. The number of aliphatic carboxylic acids is 1. The molecule has 0 atom stereocenters. The van der Waals surface area contributed by atoms with E-state index in [2.05, 4.69) is 10.2 Å². The topological polar surface area (TPSA) is 77.2 Å². The molecule has 150 valence electrons. The van der Waals surface area contributed by atoms with Crippen LogP contribution in [-0.2, 0) is 11.3 Å². The van der Waals surface area contributed by atoms with Gasteiger partial charge in [-0.15, -0.1) is 10.2 Å². The van der Waals surface area contributed by atoms with E-state index in [4.69, 9.17) is 27.9 Å². The van der Waals surface area contributed by atoms with Crippen LogP contribution in [0, 0.1) is 0 Å². The zero-order valence-electron chi connectivity index (χ0n) is 15.6. The molecule has 1 aromatic heterocycles. The first-order chi connectivity index (χ1) is 13.9. The molecule has 29 heavy (non-hydrogen) atoms. The molecular weight excluding hydrogens is 433 g/mol. The number of benzene rings is 2. The number of halogens is 2. The summed E-state index contributed by atoms with van der Waals surface area (Å²) in [7, 11) is 1.51. The lowest BCUT2D eigenvalue weighted by Gasteiger charge is -2.09. The van der Waals surface area contributed by atoms with Crippen molar-refractivity contribution in [1.29, 1.82) is 0 Å². The molecule has 0 unspecified atom stereocenters. The first kappa shape index (κ1) is 21.2. The van der Waals surface area contributed by atoms with Gasteiger partial charge >= 0.3 is 5.97 Å². The largest absolute Gasteiger partial charge is 0.496 e. The Kier molecular flexibility index (Phi) is 6.84. The highest BCUT2D eigenvalue weighted by atomic mass is 35.5. The maximum Gasteiger partial charge on any atom is 0.342 e. The Balaban J connectivity index is 1.99. The average Bonchev–Trinajstić information content (AvgIpc) is 3.10. The number of ether oxygens (including phenoxy) is 1. The van der Waals surface area contributed by atoms with Crippen molar-refractivity contribution in [1.82, 2.24) is 14.8 Å². The molecular formula is C20H17Cl2N3O3S. The summed E-state index contributed by atoms with van der Waals surface area (Å²) in [5.41, 5.74) is 1.40. The number of carboxylic acid groups (broad SMARTS) is 1.